The summed E-state index contributed by atoms with van der Waals surface area (Å²) in [5.41, 5.74) is 7.18. The minimum Gasteiger partial charge on any atom is -0.497 e. The SMILES string of the molecule is COc1ccc(N2C(N)=NCC2C2CCOCC2)cc1. The first kappa shape index (κ1) is 13.2. The van der Waals surface area contributed by atoms with Crippen molar-refractivity contribution in [2.75, 3.05) is 31.8 Å². The fraction of sp³-hybridized carbons (Fsp3) is 0.533. The zero-order valence-electron chi connectivity index (χ0n) is 11.8. The summed E-state index contributed by atoms with van der Waals surface area (Å²) in [6.07, 6.45) is 2.17. The second-order valence-electron chi connectivity index (χ2n) is 5.28. The summed E-state index contributed by atoms with van der Waals surface area (Å²) in [7, 11) is 1.67. The maximum absolute atomic E-state index is 6.09. The summed E-state index contributed by atoms with van der Waals surface area (Å²) >= 11 is 0. The van der Waals surface area contributed by atoms with E-state index in [0.717, 1.165) is 44.0 Å². The molecule has 1 aromatic carbocycles. The quantitative estimate of drug-likeness (QED) is 0.910. The number of benzene rings is 1. The predicted molar refractivity (Wildman–Crippen MR) is 79.3 cm³/mol. The maximum Gasteiger partial charge on any atom is 0.196 e. The fourth-order valence-electron chi connectivity index (χ4n) is 3.04. The van der Waals surface area contributed by atoms with Crippen LogP contribution in [0.3, 0.4) is 0 Å². The van der Waals surface area contributed by atoms with Crippen molar-refractivity contribution in [3.05, 3.63) is 24.3 Å². The van der Waals surface area contributed by atoms with E-state index >= 15 is 0 Å². The van der Waals surface area contributed by atoms with E-state index < -0.39 is 0 Å². The van der Waals surface area contributed by atoms with Crippen LogP contribution >= 0.6 is 0 Å². The molecule has 0 aromatic heterocycles. The third kappa shape index (κ3) is 2.45. The predicted octanol–water partition coefficient (Wildman–Crippen LogP) is 1.63. The number of nitrogens with two attached hydrogens (primary N) is 1. The van der Waals surface area contributed by atoms with Crippen LogP contribution in [0, 0.1) is 5.92 Å². The number of anilines is 1. The number of nitrogens with zero attached hydrogens (tertiary/aromatic N) is 2. The molecule has 0 spiro atoms. The smallest absolute Gasteiger partial charge is 0.196 e. The standard InChI is InChI=1S/C15H21N3O2/c1-19-13-4-2-12(3-5-13)18-14(10-17-15(18)16)11-6-8-20-9-7-11/h2-5,11,14H,6-10H2,1H3,(H2,16,17). The van der Waals surface area contributed by atoms with Gasteiger partial charge in [0.05, 0.1) is 19.7 Å². The lowest BCUT2D eigenvalue weighted by molar-refractivity contribution is 0.0603. The Labute approximate surface area is 119 Å². The van der Waals surface area contributed by atoms with Gasteiger partial charge in [-0.1, -0.05) is 0 Å². The maximum atomic E-state index is 6.09. The highest BCUT2D eigenvalue weighted by Crippen LogP contribution is 2.30. The van der Waals surface area contributed by atoms with Gasteiger partial charge in [0, 0.05) is 18.9 Å². The van der Waals surface area contributed by atoms with Crippen LogP contribution in [0.1, 0.15) is 12.8 Å². The van der Waals surface area contributed by atoms with Crippen LogP contribution in [-0.2, 0) is 4.74 Å². The Balaban J connectivity index is 1.81. The van der Waals surface area contributed by atoms with Crippen LogP contribution in [0.2, 0.25) is 0 Å². The Morgan fingerprint density at radius 2 is 1.95 bits per heavy atom. The van der Waals surface area contributed by atoms with Crippen LogP contribution < -0.4 is 15.4 Å². The van der Waals surface area contributed by atoms with Gasteiger partial charge in [-0.2, -0.15) is 0 Å². The Bertz CT molecular complexity index is 480. The van der Waals surface area contributed by atoms with Crippen LogP contribution in [0.15, 0.2) is 29.3 Å². The summed E-state index contributed by atoms with van der Waals surface area (Å²) in [6.45, 7) is 2.47. The molecule has 1 saturated heterocycles. The fourth-order valence-corrected chi connectivity index (χ4v) is 3.04. The Hall–Kier alpha value is -1.75. The molecule has 3 rings (SSSR count). The molecule has 20 heavy (non-hydrogen) atoms. The molecule has 108 valence electrons. The molecular formula is C15H21N3O2. The molecule has 2 aliphatic rings. The van der Waals surface area contributed by atoms with Gasteiger partial charge in [0.2, 0.25) is 0 Å². The molecule has 0 radical (unpaired) electrons. The zero-order valence-corrected chi connectivity index (χ0v) is 11.8. The van der Waals surface area contributed by atoms with Gasteiger partial charge in [-0.15, -0.1) is 0 Å². The molecule has 1 fully saturated rings. The van der Waals surface area contributed by atoms with E-state index in [-0.39, 0.29) is 0 Å². The van der Waals surface area contributed by atoms with E-state index in [1.165, 1.54) is 0 Å². The minimum atomic E-state index is 0.354. The number of rotatable bonds is 3. The van der Waals surface area contributed by atoms with Gasteiger partial charge in [0.15, 0.2) is 5.96 Å². The highest BCUT2D eigenvalue weighted by Gasteiger charge is 2.34. The van der Waals surface area contributed by atoms with Crippen molar-refractivity contribution >= 4 is 11.6 Å². The van der Waals surface area contributed by atoms with Gasteiger partial charge in [0.25, 0.3) is 0 Å². The summed E-state index contributed by atoms with van der Waals surface area (Å²) < 4.78 is 10.7. The summed E-state index contributed by atoms with van der Waals surface area (Å²) in [5, 5.41) is 0. The highest BCUT2D eigenvalue weighted by atomic mass is 16.5. The van der Waals surface area contributed by atoms with Gasteiger partial charge in [0.1, 0.15) is 5.75 Å². The van der Waals surface area contributed by atoms with Crippen LogP contribution in [0.4, 0.5) is 5.69 Å². The molecule has 5 heteroatoms. The van der Waals surface area contributed by atoms with Crippen molar-refractivity contribution in [3.8, 4) is 5.75 Å². The minimum absolute atomic E-state index is 0.354. The van der Waals surface area contributed by atoms with E-state index in [1.807, 2.05) is 24.3 Å². The van der Waals surface area contributed by atoms with Gasteiger partial charge in [-0.05, 0) is 43.0 Å². The number of hydrogen-bond acceptors (Lipinski definition) is 5. The molecule has 0 aliphatic carbocycles. The van der Waals surface area contributed by atoms with Gasteiger partial charge in [-0.3, -0.25) is 4.99 Å². The molecule has 1 aromatic rings. The Kier molecular flexibility index (Phi) is 3.78. The van der Waals surface area contributed by atoms with E-state index in [9.17, 15) is 0 Å². The summed E-state index contributed by atoms with van der Waals surface area (Å²) in [5.74, 6) is 2.06. The average Bonchev–Trinajstić information content (AvgIpc) is 2.90. The second-order valence-corrected chi connectivity index (χ2v) is 5.28. The first-order chi connectivity index (χ1) is 9.79. The number of ether oxygens (including phenoxy) is 2. The van der Waals surface area contributed by atoms with Crippen molar-refractivity contribution < 1.29 is 9.47 Å². The lowest BCUT2D eigenvalue weighted by Gasteiger charge is -2.34. The van der Waals surface area contributed by atoms with E-state index in [0.29, 0.717) is 17.9 Å². The Morgan fingerprint density at radius 1 is 1.25 bits per heavy atom. The summed E-state index contributed by atoms with van der Waals surface area (Å²) in [6, 6.07) is 8.36. The number of methoxy groups -OCH3 is 1. The van der Waals surface area contributed by atoms with Crippen molar-refractivity contribution in [1.82, 2.24) is 0 Å². The third-order valence-electron chi connectivity index (χ3n) is 4.18. The first-order valence-corrected chi connectivity index (χ1v) is 7.10. The number of guanidine groups is 1. The molecule has 2 aliphatic heterocycles. The van der Waals surface area contributed by atoms with Gasteiger partial charge in [-0.25, -0.2) is 0 Å². The van der Waals surface area contributed by atoms with E-state index in [1.54, 1.807) is 7.11 Å². The van der Waals surface area contributed by atoms with Crippen molar-refractivity contribution in [2.24, 2.45) is 16.6 Å². The topological polar surface area (TPSA) is 60.1 Å². The zero-order chi connectivity index (χ0) is 13.9. The monoisotopic (exact) mass is 275 g/mol. The van der Waals surface area contributed by atoms with Crippen LogP contribution in [0.5, 0.6) is 5.75 Å². The molecule has 0 amide bonds. The molecule has 0 saturated carbocycles. The highest BCUT2D eigenvalue weighted by molar-refractivity contribution is 5.97. The average molecular weight is 275 g/mol. The molecule has 1 atom stereocenters. The lowest BCUT2D eigenvalue weighted by atomic mass is 9.91. The van der Waals surface area contributed by atoms with Crippen molar-refractivity contribution in [2.45, 2.75) is 18.9 Å². The first-order valence-electron chi connectivity index (χ1n) is 7.10. The van der Waals surface area contributed by atoms with E-state index in [2.05, 4.69) is 9.89 Å². The van der Waals surface area contributed by atoms with Crippen molar-refractivity contribution in [1.29, 1.82) is 0 Å². The largest absolute Gasteiger partial charge is 0.497 e. The second kappa shape index (κ2) is 5.71. The van der Waals surface area contributed by atoms with Crippen molar-refractivity contribution in [3.63, 3.8) is 0 Å². The molecule has 1 unspecified atom stereocenters. The van der Waals surface area contributed by atoms with Crippen LogP contribution in [0.25, 0.3) is 0 Å². The lowest BCUT2D eigenvalue weighted by Crippen LogP contribution is -2.46. The number of aliphatic imine (C=N–C) groups is 1. The molecule has 2 heterocycles. The van der Waals surface area contributed by atoms with Crippen LogP contribution in [-0.4, -0.2) is 38.9 Å². The Morgan fingerprint density at radius 3 is 2.60 bits per heavy atom. The van der Waals surface area contributed by atoms with Gasteiger partial charge >= 0.3 is 0 Å². The van der Waals surface area contributed by atoms with E-state index in [4.69, 9.17) is 15.2 Å². The third-order valence-corrected chi connectivity index (χ3v) is 4.18. The summed E-state index contributed by atoms with van der Waals surface area (Å²) in [4.78, 5) is 6.60. The molecule has 2 N–H and O–H groups in total. The van der Waals surface area contributed by atoms with Gasteiger partial charge < -0.3 is 20.1 Å². The molecule has 5 nitrogen and oxygen atoms in total. The molecule has 0 bridgehead atoms. The normalized spacial score (nSPS) is 23.8. The molecular weight excluding hydrogens is 254 g/mol. The number of hydrogen-bond donors (Lipinski definition) is 1.